The van der Waals surface area contributed by atoms with Crippen LogP contribution in [0.15, 0.2) is 54.5 Å². The maximum Gasteiger partial charge on any atom is 0.490 e. The van der Waals surface area contributed by atoms with E-state index in [1.165, 1.54) is 0 Å². The molecule has 2 aromatic heterocycles. The predicted octanol–water partition coefficient (Wildman–Crippen LogP) is 3.42. The van der Waals surface area contributed by atoms with Crippen molar-refractivity contribution in [1.29, 1.82) is 0 Å². The number of amides is 1. The average Bonchev–Trinajstić information content (AvgIpc) is 3.37. The SMILES string of the molecule is O=C(C1=CCCC1)N1Cc2cccn2CC(Oc2cccnc2)C1.O=C(O)C(F)(F)F. The van der Waals surface area contributed by atoms with Gasteiger partial charge < -0.3 is 19.3 Å². The maximum atomic E-state index is 12.9. The number of alkyl halides is 3. The Kier molecular flexibility index (Phi) is 6.98. The molecule has 1 aliphatic heterocycles. The quantitative estimate of drug-likeness (QED) is 0.796. The molecule has 0 saturated heterocycles. The number of rotatable bonds is 3. The van der Waals surface area contributed by atoms with Crippen LogP contribution in [0.2, 0.25) is 0 Å². The first kappa shape index (κ1) is 22.4. The Morgan fingerprint density at radius 3 is 2.58 bits per heavy atom. The second-order valence-corrected chi connectivity index (χ2v) is 7.19. The molecule has 3 heterocycles. The fraction of sp³-hybridized carbons (Fsp3) is 0.381. The van der Waals surface area contributed by atoms with Crippen LogP contribution in [0, 0.1) is 0 Å². The van der Waals surface area contributed by atoms with Crippen LogP contribution >= 0.6 is 0 Å². The van der Waals surface area contributed by atoms with Crippen molar-refractivity contribution in [3.05, 3.63) is 60.2 Å². The Morgan fingerprint density at radius 1 is 1.19 bits per heavy atom. The third kappa shape index (κ3) is 6.09. The molecule has 10 heteroatoms. The van der Waals surface area contributed by atoms with E-state index in [0.29, 0.717) is 13.1 Å². The lowest BCUT2D eigenvalue weighted by molar-refractivity contribution is -0.192. The number of fused-ring (bicyclic) bond motifs is 1. The zero-order valence-corrected chi connectivity index (χ0v) is 16.6. The highest BCUT2D eigenvalue weighted by Crippen LogP contribution is 2.24. The molecular weight excluding hydrogens is 415 g/mol. The molecule has 1 atom stereocenters. The monoisotopic (exact) mass is 437 g/mol. The molecule has 0 bridgehead atoms. The van der Waals surface area contributed by atoms with Crippen molar-refractivity contribution < 1.29 is 32.6 Å². The number of hydrogen-bond acceptors (Lipinski definition) is 4. The van der Waals surface area contributed by atoms with Crippen LogP contribution in [-0.2, 0) is 22.7 Å². The van der Waals surface area contributed by atoms with Crippen molar-refractivity contribution in [2.45, 2.75) is 44.6 Å². The zero-order chi connectivity index (χ0) is 22.4. The van der Waals surface area contributed by atoms with E-state index in [1.807, 2.05) is 23.1 Å². The van der Waals surface area contributed by atoms with Gasteiger partial charge in [0.05, 0.1) is 25.8 Å². The highest BCUT2D eigenvalue weighted by atomic mass is 19.4. The summed E-state index contributed by atoms with van der Waals surface area (Å²) in [4.78, 5) is 27.8. The van der Waals surface area contributed by atoms with E-state index < -0.39 is 12.1 Å². The van der Waals surface area contributed by atoms with Crippen molar-refractivity contribution >= 4 is 11.9 Å². The summed E-state index contributed by atoms with van der Waals surface area (Å²) in [6.45, 7) is 1.96. The molecule has 1 N–H and O–H groups in total. The Bertz CT molecular complexity index is 941. The van der Waals surface area contributed by atoms with Crippen LogP contribution in [0.4, 0.5) is 13.2 Å². The fourth-order valence-corrected chi connectivity index (χ4v) is 3.46. The van der Waals surface area contributed by atoms with E-state index >= 15 is 0 Å². The molecule has 4 rings (SSSR count). The van der Waals surface area contributed by atoms with Crippen molar-refractivity contribution in [2.75, 3.05) is 6.54 Å². The molecule has 0 fully saturated rings. The molecule has 0 radical (unpaired) electrons. The summed E-state index contributed by atoms with van der Waals surface area (Å²) in [6, 6.07) is 7.87. The first-order valence-corrected chi connectivity index (χ1v) is 9.73. The summed E-state index contributed by atoms with van der Waals surface area (Å²) in [5, 5.41) is 7.12. The molecule has 0 spiro atoms. The van der Waals surface area contributed by atoms with E-state index in [-0.39, 0.29) is 12.0 Å². The van der Waals surface area contributed by atoms with Crippen molar-refractivity contribution in [3.63, 3.8) is 0 Å². The minimum absolute atomic E-state index is 0.0891. The average molecular weight is 437 g/mol. The van der Waals surface area contributed by atoms with E-state index in [4.69, 9.17) is 14.6 Å². The van der Waals surface area contributed by atoms with Gasteiger partial charge in [-0.25, -0.2) is 4.79 Å². The number of aliphatic carboxylic acids is 1. The van der Waals surface area contributed by atoms with Gasteiger partial charge in [-0.1, -0.05) is 6.08 Å². The smallest absolute Gasteiger partial charge is 0.485 e. The molecule has 1 unspecified atom stereocenters. The molecule has 2 aromatic rings. The minimum atomic E-state index is -5.08. The third-order valence-electron chi connectivity index (χ3n) is 4.88. The molecule has 166 valence electrons. The van der Waals surface area contributed by atoms with E-state index in [1.54, 1.807) is 12.4 Å². The standard InChI is InChI=1S/C19H21N3O2.C2HF3O2/c23-19(15-5-1-2-6-15)22-12-16-7-4-10-21(16)13-18(14-22)24-17-8-3-9-20-11-17;3-2(4,5)1(6)7/h3-5,7-11,18H,1-2,6,12-14H2;(H,6,7). The topological polar surface area (TPSA) is 84.7 Å². The van der Waals surface area contributed by atoms with Crippen LogP contribution < -0.4 is 4.74 Å². The fourth-order valence-electron chi connectivity index (χ4n) is 3.46. The van der Waals surface area contributed by atoms with Crippen molar-refractivity contribution in [2.24, 2.45) is 0 Å². The van der Waals surface area contributed by atoms with Crippen LogP contribution in [0.3, 0.4) is 0 Å². The van der Waals surface area contributed by atoms with Gasteiger partial charge in [-0.05, 0) is 43.5 Å². The maximum absolute atomic E-state index is 12.9. The van der Waals surface area contributed by atoms with Crippen molar-refractivity contribution in [3.8, 4) is 5.75 Å². The summed E-state index contributed by atoms with van der Waals surface area (Å²) in [5.41, 5.74) is 2.11. The Labute approximate surface area is 176 Å². The number of aromatic nitrogens is 2. The largest absolute Gasteiger partial charge is 0.490 e. The number of carboxylic acids is 1. The summed E-state index contributed by atoms with van der Waals surface area (Å²) in [7, 11) is 0. The Hall–Kier alpha value is -3.30. The number of carbonyl (C=O) groups is 2. The molecule has 0 saturated carbocycles. The van der Waals surface area contributed by atoms with Crippen LogP contribution in [0.1, 0.15) is 25.0 Å². The summed E-state index contributed by atoms with van der Waals surface area (Å²) >= 11 is 0. The number of allylic oxidation sites excluding steroid dienone is 1. The summed E-state index contributed by atoms with van der Waals surface area (Å²) in [6.07, 6.45) is 5.40. The second kappa shape index (κ2) is 9.67. The molecule has 2 aliphatic rings. The van der Waals surface area contributed by atoms with E-state index in [0.717, 1.165) is 42.8 Å². The van der Waals surface area contributed by atoms with Gasteiger partial charge in [-0.15, -0.1) is 0 Å². The predicted molar refractivity (Wildman–Crippen MR) is 104 cm³/mol. The molecule has 1 amide bonds. The summed E-state index contributed by atoms with van der Waals surface area (Å²) < 4.78 is 40.0. The molecule has 31 heavy (non-hydrogen) atoms. The second-order valence-electron chi connectivity index (χ2n) is 7.19. The van der Waals surface area contributed by atoms with Gasteiger partial charge in [0.1, 0.15) is 11.9 Å². The highest BCUT2D eigenvalue weighted by Gasteiger charge is 2.38. The molecule has 0 aromatic carbocycles. The van der Waals surface area contributed by atoms with E-state index in [9.17, 15) is 18.0 Å². The van der Waals surface area contributed by atoms with Gasteiger partial charge >= 0.3 is 12.1 Å². The van der Waals surface area contributed by atoms with Gasteiger partial charge in [0.15, 0.2) is 0 Å². The molecule has 1 aliphatic carbocycles. The molecular formula is C21H22F3N3O4. The normalized spacial score (nSPS) is 18.2. The number of carboxylic acid groups (broad SMARTS) is 1. The highest BCUT2D eigenvalue weighted by molar-refractivity contribution is 5.93. The minimum Gasteiger partial charge on any atom is -0.485 e. The number of ether oxygens (including phenoxy) is 1. The number of carbonyl (C=O) groups excluding carboxylic acids is 1. The number of halogens is 3. The van der Waals surface area contributed by atoms with Crippen LogP contribution in [0.25, 0.3) is 0 Å². The Morgan fingerprint density at radius 2 is 1.97 bits per heavy atom. The zero-order valence-electron chi connectivity index (χ0n) is 16.6. The summed E-state index contributed by atoms with van der Waals surface area (Å²) in [5.74, 6) is -1.86. The number of nitrogens with zero attached hydrogens (tertiary/aromatic N) is 3. The van der Waals surface area contributed by atoms with E-state index in [2.05, 4.69) is 27.9 Å². The van der Waals surface area contributed by atoms with Crippen LogP contribution in [0.5, 0.6) is 5.75 Å². The lowest BCUT2D eigenvalue weighted by atomic mass is 10.2. The third-order valence-corrected chi connectivity index (χ3v) is 4.88. The lowest BCUT2D eigenvalue weighted by Gasteiger charge is -2.25. The Balaban J connectivity index is 0.000000339. The first-order chi connectivity index (χ1) is 14.7. The van der Waals surface area contributed by atoms with Crippen LogP contribution in [-0.4, -0.2) is 50.3 Å². The van der Waals surface area contributed by atoms with Gasteiger partial charge in [0.2, 0.25) is 5.91 Å². The first-order valence-electron chi connectivity index (χ1n) is 9.73. The van der Waals surface area contributed by atoms with Crippen molar-refractivity contribution in [1.82, 2.24) is 14.5 Å². The molecule has 7 nitrogen and oxygen atoms in total. The number of hydrogen-bond donors (Lipinski definition) is 1. The lowest BCUT2D eigenvalue weighted by Crippen LogP contribution is -2.39. The van der Waals surface area contributed by atoms with Gasteiger partial charge in [0.25, 0.3) is 0 Å². The number of pyridine rings is 1. The van der Waals surface area contributed by atoms with Gasteiger partial charge in [-0.2, -0.15) is 13.2 Å². The van der Waals surface area contributed by atoms with Gasteiger partial charge in [0, 0.05) is 23.7 Å². The van der Waals surface area contributed by atoms with Gasteiger partial charge in [-0.3, -0.25) is 9.78 Å².